The van der Waals surface area contributed by atoms with Crippen molar-refractivity contribution in [1.82, 2.24) is 26.2 Å². The number of ether oxygens (including phenoxy) is 1. The number of Topliss-reactive ketones (excluding diaryl/α,β-unsaturated/α-hetero) is 1. The number of fused-ring (bicyclic) bond motifs is 1. The Morgan fingerprint density at radius 2 is 1.42 bits per heavy atom. The van der Waals surface area contributed by atoms with Crippen molar-refractivity contribution in [2.75, 3.05) is 13.1 Å². The van der Waals surface area contributed by atoms with Crippen LogP contribution in [-0.2, 0) is 35.1 Å². The van der Waals surface area contributed by atoms with E-state index in [1.54, 1.807) is 20.8 Å². The van der Waals surface area contributed by atoms with Gasteiger partial charge < -0.3 is 30.9 Å². The van der Waals surface area contributed by atoms with Gasteiger partial charge in [-0.1, -0.05) is 98.6 Å². The SMILES string of the molecule is CC(C)(C)OC(=O)[C@@H](NC(=O)N[C@H](C(=O)N1C[C@H]2[C@@H]([C@H]1C(=O)NC(CC1CC1)C(=O)C(=O)NCCc1ccccc1)C2(C)C)C(C)(C)C)C(C)(C)C. The number of esters is 1. The molecule has 1 aromatic rings. The van der Waals surface area contributed by atoms with Crippen molar-refractivity contribution >= 4 is 35.5 Å². The highest BCUT2D eigenvalue weighted by atomic mass is 16.6. The standard InChI is InChI=1S/C40H61N5O7/c1-37(2,3)30(43-36(51)44-31(38(4,5)6)35(50)52-39(7,8)9)34(49)45-22-25-27(40(25,10)11)28(45)32(47)42-26(21-24-17-18-24)29(46)33(48)41-20-19-23-15-13-12-14-16-23/h12-16,24-28,30-31H,17-22H2,1-11H3,(H,41,48)(H,42,47)(H2,43,44,51)/t25-,26?,27-,28-,30+,31+/m0/s1. The fraction of sp³-hybridized carbons (Fsp3) is 0.700. The van der Waals surface area contributed by atoms with Crippen LogP contribution < -0.4 is 21.3 Å². The Bertz CT molecular complexity index is 1520. The van der Waals surface area contributed by atoms with Gasteiger partial charge in [0, 0.05) is 13.1 Å². The molecule has 12 nitrogen and oxygen atoms in total. The molecule has 0 radical (unpaired) electrons. The lowest BCUT2D eigenvalue weighted by Gasteiger charge is -2.38. The van der Waals surface area contributed by atoms with E-state index < -0.39 is 76.1 Å². The summed E-state index contributed by atoms with van der Waals surface area (Å²) in [5.41, 5.74) is -1.42. The second-order valence-corrected chi connectivity index (χ2v) is 18.7. The molecule has 1 aliphatic heterocycles. The smallest absolute Gasteiger partial charge is 0.329 e. The molecule has 2 aliphatic carbocycles. The first kappa shape index (κ1) is 40.8. The van der Waals surface area contributed by atoms with Gasteiger partial charge in [-0.05, 0) is 73.2 Å². The summed E-state index contributed by atoms with van der Waals surface area (Å²) in [4.78, 5) is 83.4. The Labute approximate surface area is 309 Å². The molecule has 0 aromatic heterocycles. The fourth-order valence-corrected chi connectivity index (χ4v) is 7.31. The van der Waals surface area contributed by atoms with Crippen molar-refractivity contribution in [3.05, 3.63) is 35.9 Å². The lowest BCUT2D eigenvalue weighted by Crippen LogP contribution is -2.63. The van der Waals surface area contributed by atoms with Gasteiger partial charge in [0.2, 0.25) is 17.6 Å². The molecule has 6 atom stereocenters. The lowest BCUT2D eigenvalue weighted by atomic mass is 9.85. The fourth-order valence-electron chi connectivity index (χ4n) is 7.31. The molecule has 12 heteroatoms. The molecule has 4 N–H and O–H groups in total. The van der Waals surface area contributed by atoms with E-state index in [0.29, 0.717) is 19.4 Å². The molecule has 288 valence electrons. The van der Waals surface area contributed by atoms with Gasteiger partial charge in [0.1, 0.15) is 23.7 Å². The van der Waals surface area contributed by atoms with Crippen LogP contribution in [0.15, 0.2) is 30.3 Å². The molecular formula is C40H61N5O7. The van der Waals surface area contributed by atoms with Gasteiger partial charge >= 0.3 is 12.0 Å². The van der Waals surface area contributed by atoms with Crippen LogP contribution in [0, 0.1) is 34.0 Å². The summed E-state index contributed by atoms with van der Waals surface area (Å²) >= 11 is 0. The summed E-state index contributed by atoms with van der Waals surface area (Å²) < 4.78 is 5.58. The Kier molecular flexibility index (Phi) is 11.9. The number of hydrogen-bond acceptors (Lipinski definition) is 7. The van der Waals surface area contributed by atoms with Gasteiger partial charge in [-0.3, -0.25) is 19.2 Å². The maximum absolute atomic E-state index is 14.5. The highest BCUT2D eigenvalue weighted by Gasteiger charge is 2.70. The van der Waals surface area contributed by atoms with Gasteiger partial charge in [0.05, 0.1) is 6.04 Å². The number of nitrogens with one attached hydrogen (secondary N) is 4. The molecule has 1 heterocycles. The molecule has 5 amide bonds. The average molecular weight is 724 g/mol. The number of piperidine rings is 1. The molecule has 1 unspecified atom stereocenters. The molecule has 0 bridgehead atoms. The summed E-state index contributed by atoms with van der Waals surface area (Å²) in [5.74, 6) is -2.79. The number of urea groups is 1. The number of amides is 5. The minimum absolute atomic E-state index is 0.0537. The molecule has 52 heavy (non-hydrogen) atoms. The number of hydrogen-bond donors (Lipinski definition) is 4. The molecule has 2 saturated carbocycles. The molecule has 1 saturated heterocycles. The predicted octanol–water partition coefficient (Wildman–Crippen LogP) is 4.15. The normalized spacial score (nSPS) is 22.6. The van der Waals surface area contributed by atoms with Crippen LogP contribution in [0.1, 0.15) is 101 Å². The van der Waals surface area contributed by atoms with E-state index in [1.165, 1.54) is 4.90 Å². The Hall–Kier alpha value is -3.96. The van der Waals surface area contributed by atoms with Crippen molar-refractivity contribution in [2.45, 2.75) is 132 Å². The van der Waals surface area contributed by atoms with Gasteiger partial charge in [-0.2, -0.15) is 0 Å². The summed E-state index contributed by atoms with van der Waals surface area (Å²) in [6.07, 6.45) is 2.77. The van der Waals surface area contributed by atoms with Crippen molar-refractivity contribution < 1.29 is 33.5 Å². The third kappa shape index (κ3) is 10.1. The molecule has 3 aliphatic rings. The van der Waals surface area contributed by atoms with Crippen LogP contribution >= 0.6 is 0 Å². The summed E-state index contributed by atoms with van der Waals surface area (Å²) in [7, 11) is 0. The first-order valence-corrected chi connectivity index (χ1v) is 18.7. The zero-order valence-corrected chi connectivity index (χ0v) is 33.0. The van der Waals surface area contributed by atoms with E-state index in [1.807, 2.05) is 71.9 Å². The van der Waals surface area contributed by atoms with E-state index in [0.717, 1.165) is 18.4 Å². The topological polar surface area (TPSA) is 163 Å². The van der Waals surface area contributed by atoms with E-state index in [-0.39, 0.29) is 29.7 Å². The van der Waals surface area contributed by atoms with Gasteiger partial charge in [-0.15, -0.1) is 0 Å². The Balaban J connectivity index is 1.49. The van der Waals surface area contributed by atoms with E-state index >= 15 is 0 Å². The maximum Gasteiger partial charge on any atom is 0.329 e. The number of carbonyl (C=O) groups is 6. The number of likely N-dealkylation sites (tertiary alicyclic amines) is 1. The molecule has 1 aromatic carbocycles. The van der Waals surface area contributed by atoms with Crippen LogP contribution in [0.2, 0.25) is 0 Å². The summed E-state index contributed by atoms with van der Waals surface area (Å²) in [5, 5.41) is 11.2. The van der Waals surface area contributed by atoms with Gasteiger partial charge in [0.25, 0.3) is 5.91 Å². The molecule has 4 rings (SSSR count). The number of benzene rings is 1. The predicted molar refractivity (Wildman–Crippen MR) is 198 cm³/mol. The largest absolute Gasteiger partial charge is 0.458 e. The molecule has 3 fully saturated rings. The van der Waals surface area contributed by atoms with Crippen LogP contribution in [0.5, 0.6) is 0 Å². The van der Waals surface area contributed by atoms with Gasteiger partial charge in [0.15, 0.2) is 0 Å². The van der Waals surface area contributed by atoms with E-state index in [4.69, 9.17) is 4.74 Å². The monoisotopic (exact) mass is 723 g/mol. The lowest BCUT2D eigenvalue weighted by molar-refractivity contribution is -0.160. The molecule has 0 spiro atoms. The third-order valence-corrected chi connectivity index (χ3v) is 10.6. The van der Waals surface area contributed by atoms with Crippen molar-refractivity contribution in [1.29, 1.82) is 0 Å². The minimum Gasteiger partial charge on any atom is -0.458 e. The van der Waals surface area contributed by atoms with E-state index in [9.17, 15) is 28.8 Å². The summed E-state index contributed by atoms with van der Waals surface area (Å²) in [6, 6.07) is 4.97. The minimum atomic E-state index is -1.05. The molecular weight excluding hydrogens is 662 g/mol. The Morgan fingerprint density at radius 1 is 0.846 bits per heavy atom. The van der Waals surface area contributed by atoms with Crippen molar-refractivity contribution in [3.63, 3.8) is 0 Å². The zero-order chi connectivity index (χ0) is 39.0. The van der Waals surface area contributed by atoms with Crippen LogP contribution in [0.3, 0.4) is 0 Å². The highest BCUT2D eigenvalue weighted by molar-refractivity contribution is 6.38. The number of carbonyl (C=O) groups excluding carboxylic acids is 6. The van der Waals surface area contributed by atoms with Crippen LogP contribution in [-0.4, -0.2) is 83.3 Å². The van der Waals surface area contributed by atoms with Crippen LogP contribution in [0.25, 0.3) is 0 Å². The number of rotatable bonds is 13. The maximum atomic E-state index is 14.5. The second kappa shape index (κ2) is 15.2. The zero-order valence-electron chi connectivity index (χ0n) is 33.0. The number of ketones is 1. The van der Waals surface area contributed by atoms with Gasteiger partial charge in [-0.25, -0.2) is 9.59 Å². The highest BCUT2D eigenvalue weighted by Crippen LogP contribution is 2.65. The van der Waals surface area contributed by atoms with Crippen molar-refractivity contribution in [3.8, 4) is 0 Å². The third-order valence-electron chi connectivity index (χ3n) is 10.6. The number of nitrogens with zero attached hydrogens (tertiary/aromatic N) is 1. The first-order valence-electron chi connectivity index (χ1n) is 18.7. The summed E-state index contributed by atoms with van der Waals surface area (Å²) in [6.45, 7) is 20.9. The average Bonchev–Trinajstić information content (AvgIpc) is 3.87. The second-order valence-electron chi connectivity index (χ2n) is 18.7. The first-order chi connectivity index (χ1) is 23.9. The Morgan fingerprint density at radius 3 is 1.96 bits per heavy atom. The van der Waals surface area contributed by atoms with Crippen LogP contribution in [0.4, 0.5) is 4.79 Å². The quantitative estimate of drug-likeness (QED) is 0.176. The van der Waals surface area contributed by atoms with Crippen molar-refractivity contribution in [2.24, 2.45) is 34.0 Å². The van der Waals surface area contributed by atoms with E-state index in [2.05, 4.69) is 35.1 Å².